The zero-order valence-corrected chi connectivity index (χ0v) is 19.3. The minimum absolute atomic E-state index is 0.108. The van der Waals surface area contributed by atoms with Crippen LogP contribution in [0.2, 0.25) is 0 Å². The van der Waals surface area contributed by atoms with Crippen molar-refractivity contribution in [1.82, 2.24) is 0 Å². The molecule has 0 bridgehead atoms. The van der Waals surface area contributed by atoms with Gasteiger partial charge >= 0.3 is 5.97 Å². The van der Waals surface area contributed by atoms with Crippen molar-refractivity contribution in [3.8, 4) is 0 Å². The highest BCUT2D eigenvalue weighted by atomic mass is 35.5. The van der Waals surface area contributed by atoms with E-state index in [0.717, 1.165) is 6.42 Å². The molecule has 1 fully saturated rings. The second-order valence-electron chi connectivity index (χ2n) is 9.08. The molecule has 0 saturated carbocycles. The van der Waals surface area contributed by atoms with Gasteiger partial charge in [0.25, 0.3) is 6.29 Å². The molecule has 1 saturated heterocycles. The van der Waals surface area contributed by atoms with Crippen molar-refractivity contribution in [2.24, 2.45) is 11.8 Å². The van der Waals surface area contributed by atoms with Crippen LogP contribution in [0.25, 0.3) is 0 Å². The maximum absolute atomic E-state index is 13.2. The number of allylic oxidation sites excluding steroid dienone is 2. The second-order valence-corrected chi connectivity index (χ2v) is 9.46. The number of carbonyl (C=O) groups excluding carboxylic acids is 2. The fraction of sp³-hybridized carbons (Fsp3) is 0.565. The van der Waals surface area contributed by atoms with Crippen molar-refractivity contribution in [2.75, 3.05) is 0 Å². The highest BCUT2D eigenvalue weighted by Crippen LogP contribution is 2.62. The zero-order chi connectivity index (χ0) is 23.8. The van der Waals surface area contributed by atoms with Crippen LogP contribution >= 0.6 is 11.6 Å². The Balaban J connectivity index is 2.00. The molecule has 32 heavy (non-hydrogen) atoms. The lowest BCUT2D eigenvalue weighted by Crippen LogP contribution is -2.77. The van der Waals surface area contributed by atoms with Crippen LogP contribution in [0.15, 0.2) is 45.9 Å². The molecular formula is C23H27ClO8. The summed E-state index contributed by atoms with van der Waals surface area (Å²) in [6.45, 7) is 8.31. The van der Waals surface area contributed by atoms with Crippen LogP contribution in [0.3, 0.4) is 0 Å². The average Bonchev–Trinajstić information content (AvgIpc) is 2.96. The predicted molar refractivity (Wildman–Crippen MR) is 113 cm³/mol. The first-order valence-corrected chi connectivity index (χ1v) is 11.0. The van der Waals surface area contributed by atoms with E-state index in [1.165, 1.54) is 19.9 Å². The van der Waals surface area contributed by atoms with Crippen LogP contribution in [0.4, 0.5) is 0 Å². The molecule has 4 aliphatic rings. The molecule has 3 heterocycles. The molecule has 7 atom stereocenters. The van der Waals surface area contributed by atoms with Crippen molar-refractivity contribution in [1.29, 1.82) is 0 Å². The third-order valence-corrected chi connectivity index (χ3v) is 7.48. The van der Waals surface area contributed by atoms with Crippen molar-refractivity contribution in [3.63, 3.8) is 0 Å². The van der Waals surface area contributed by atoms with Crippen molar-refractivity contribution in [3.05, 3.63) is 45.9 Å². The minimum Gasteiger partial charge on any atom is -0.455 e. The maximum atomic E-state index is 13.2. The Morgan fingerprint density at radius 2 is 1.88 bits per heavy atom. The third kappa shape index (κ3) is 2.61. The van der Waals surface area contributed by atoms with Crippen molar-refractivity contribution < 1.29 is 39.1 Å². The van der Waals surface area contributed by atoms with Gasteiger partial charge in [-0.05, 0) is 31.9 Å². The van der Waals surface area contributed by atoms with Crippen molar-refractivity contribution >= 4 is 23.4 Å². The van der Waals surface area contributed by atoms with Gasteiger partial charge in [-0.25, -0.2) is 4.79 Å². The predicted octanol–water partition coefficient (Wildman–Crippen LogP) is 1.98. The summed E-state index contributed by atoms with van der Waals surface area (Å²) in [6.07, 6.45) is 3.27. The molecule has 8 nitrogen and oxygen atoms in total. The van der Waals surface area contributed by atoms with Crippen LogP contribution in [0, 0.1) is 11.8 Å². The standard InChI is InChI=1S/C23H27ClO8/c1-6-10(2)7-8-13-9-14-16(24)18(26)21(5)23(29)15(19(27)32-21)17(11(3)12(4)25)31-20(30-13)22(14,23)28/h7-12,20,25,28-29H,6H2,1-5H3/b8-7+/t10-,11+,12-,20+,21+,22-,23+/m0/s1. The summed E-state index contributed by atoms with van der Waals surface area (Å²) in [5.41, 5.74) is -7.71. The molecule has 0 aromatic rings. The first-order valence-electron chi connectivity index (χ1n) is 10.6. The molecule has 3 aliphatic heterocycles. The van der Waals surface area contributed by atoms with Gasteiger partial charge in [-0.1, -0.05) is 44.9 Å². The molecule has 0 amide bonds. The van der Waals surface area contributed by atoms with Crippen LogP contribution in [-0.2, 0) is 23.8 Å². The molecule has 0 unspecified atom stereocenters. The number of esters is 1. The highest BCUT2D eigenvalue weighted by Gasteiger charge is 2.83. The van der Waals surface area contributed by atoms with Gasteiger partial charge in [0.05, 0.1) is 11.1 Å². The normalized spacial score (nSPS) is 38.7. The molecule has 0 radical (unpaired) electrons. The summed E-state index contributed by atoms with van der Waals surface area (Å²) in [5, 5.41) is 33.6. The SMILES string of the molecule is CC[C@H](C)/C=C/C1=CC2=C(Cl)C(=O)[C@@]3(C)OC(=O)C4=C([C@H](C)[C@H](C)O)O[C@@H](O1)[C@]2(O)[C@@]43O. The molecular weight excluding hydrogens is 440 g/mol. The average molecular weight is 467 g/mol. The Bertz CT molecular complexity index is 1020. The molecule has 0 spiro atoms. The van der Waals surface area contributed by atoms with E-state index in [9.17, 15) is 24.9 Å². The largest absolute Gasteiger partial charge is 0.455 e. The van der Waals surface area contributed by atoms with Gasteiger partial charge in [0.15, 0.2) is 5.60 Å². The fourth-order valence-corrected chi connectivity index (χ4v) is 4.99. The van der Waals surface area contributed by atoms with Gasteiger partial charge in [0.1, 0.15) is 17.1 Å². The van der Waals surface area contributed by atoms with Gasteiger partial charge in [0.2, 0.25) is 17.0 Å². The molecule has 0 aromatic carbocycles. The number of halogens is 1. The number of ketones is 1. The fourth-order valence-electron chi connectivity index (χ4n) is 4.61. The third-order valence-electron chi connectivity index (χ3n) is 7.11. The van der Waals surface area contributed by atoms with Gasteiger partial charge in [-0.3, -0.25) is 4.79 Å². The van der Waals surface area contributed by atoms with Gasteiger partial charge < -0.3 is 29.5 Å². The number of ether oxygens (including phenoxy) is 3. The Labute approximate surface area is 190 Å². The number of Topliss-reactive ketones (excluding diaryl/α,β-unsaturated/α-hetero) is 1. The summed E-state index contributed by atoms with van der Waals surface area (Å²) < 4.78 is 17.1. The summed E-state index contributed by atoms with van der Waals surface area (Å²) in [7, 11) is 0. The van der Waals surface area contributed by atoms with Crippen LogP contribution < -0.4 is 0 Å². The van der Waals surface area contributed by atoms with Gasteiger partial charge in [0, 0.05) is 11.5 Å². The monoisotopic (exact) mass is 466 g/mol. The number of rotatable bonds is 5. The Morgan fingerprint density at radius 1 is 1.22 bits per heavy atom. The van der Waals surface area contributed by atoms with E-state index in [-0.39, 0.29) is 28.0 Å². The Kier molecular flexibility index (Phi) is 5.17. The minimum atomic E-state index is -2.55. The molecule has 1 aliphatic carbocycles. The number of aliphatic hydroxyl groups is 3. The van der Waals surface area contributed by atoms with E-state index in [1.54, 1.807) is 13.0 Å². The first kappa shape index (κ1) is 23.0. The zero-order valence-electron chi connectivity index (χ0n) is 18.5. The van der Waals surface area contributed by atoms with Crippen molar-refractivity contribution in [2.45, 2.75) is 70.2 Å². The summed E-state index contributed by atoms with van der Waals surface area (Å²) >= 11 is 6.37. The first-order chi connectivity index (χ1) is 14.8. The molecule has 3 N–H and O–H groups in total. The van der Waals surface area contributed by atoms with E-state index in [1.807, 2.05) is 19.9 Å². The second kappa shape index (κ2) is 7.18. The van der Waals surface area contributed by atoms with E-state index in [4.69, 9.17) is 25.8 Å². The van der Waals surface area contributed by atoms with E-state index >= 15 is 0 Å². The lowest BCUT2D eigenvalue weighted by molar-refractivity contribution is -0.288. The molecule has 4 rings (SSSR count). The van der Waals surface area contributed by atoms with E-state index in [2.05, 4.69) is 0 Å². The molecule has 9 heteroatoms. The van der Waals surface area contributed by atoms with Crippen LogP contribution in [0.5, 0.6) is 0 Å². The summed E-state index contributed by atoms with van der Waals surface area (Å²) in [6, 6.07) is 0. The summed E-state index contributed by atoms with van der Waals surface area (Å²) in [5.74, 6) is -2.28. The Morgan fingerprint density at radius 3 is 2.47 bits per heavy atom. The molecule has 0 aromatic heterocycles. The maximum Gasteiger partial charge on any atom is 0.341 e. The van der Waals surface area contributed by atoms with E-state index in [0.29, 0.717) is 0 Å². The van der Waals surface area contributed by atoms with Gasteiger partial charge in [-0.2, -0.15) is 0 Å². The highest BCUT2D eigenvalue weighted by molar-refractivity contribution is 6.45. The lowest BCUT2D eigenvalue weighted by atomic mass is 9.58. The number of hydrogen-bond donors (Lipinski definition) is 3. The Hall–Kier alpha value is -2.13. The molecule has 174 valence electrons. The number of carbonyl (C=O) groups is 2. The van der Waals surface area contributed by atoms with Crippen LogP contribution in [-0.4, -0.2) is 56.3 Å². The van der Waals surface area contributed by atoms with E-state index < -0.39 is 52.4 Å². The quantitative estimate of drug-likeness (QED) is 0.526. The lowest BCUT2D eigenvalue weighted by Gasteiger charge is -2.56. The number of hydrogen-bond acceptors (Lipinski definition) is 8. The van der Waals surface area contributed by atoms with Crippen LogP contribution in [0.1, 0.15) is 41.0 Å². The topological polar surface area (TPSA) is 123 Å². The smallest absolute Gasteiger partial charge is 0.341 e. The van der Waals surface area contributed by atoms with Gasteiger partial charge in [-0.15, -0.1) is 0 Å². The summed E-state index contributed by atoms with van der Waals surface area (Å²) in [4.78, 5) is 26.1. The number of aliphatic hydroxyl groups excluding tert-OH is 1.